The first-order valence-corrected chi connectivity index (χ1v) is 14.1. The first-order valence-electron chi connectivity index (χ1n) is 13.3. The van der Waals surface area contributed by atoms with Crippen LogP contribution in [0.2, 0.25) is 0 Å². The van der Waals surface area contributed by atoms with Gasteiger partial charge in [0.1, 0.15) is 23.1 Å². The fourth-order valence-corrected chi connectivity index (χ4v) is 5.33. The minimum atomic E-state index is -0.685. The van der Waals surface area contributed by atoms with Gasteiger partial charge in [0.15, 0.2) is 0 Å². The van der Waals surface area contributed by atoms with Gasteiger partial charge in [-0.25, -0.2) is 9.37 Å². The molecule has 1 aromatic heterocycles. The number of unbranched alkanes of at least 4 members (excludes halogenated alkanes) is 3. The van der Waals surface area contributed by atoms with E-state index in [2.05, 4.69) is 22.9 Å². The molecule has 9 heteroatoms. The average Bonchev–Trinajstić information content (AvgIpc) is 2.97. The van der Waals surface area contributed by atoms with E-state index in [0.717, 1.165) is 25.7 Å². The molecule has 0 saturated carbocycles. The van der Waals surface area contributed by atoms with Crippen LogP contribution in [0.3, 0.4) is 0 Å². The van der Waals surface area contributed by atoms with Crippen molar-refractivity contribution < 1.29 is 18.7 Å². The number of hydrogen-bond donors (Lipinski definition) is 0. The number of halogens is 2. The summed E-state index contributed by atoms with van der Waals surface area (Å²) in [4.78, 5) is 34.4. The minimum absolute atomic E-state index is 0.0243. The summed E-state index contributed by atoms with van der Waals surface area (Å²) in [6, 6.07) is 15.8. The molecular formula is C31H33BrFN3O4. The Morgan fingerprint density at radius 1 is 1.05 bits per heavy atom. The lowest BCUT2D eigenvalue weighted by Crippen LogP contribution is -2.38. The van der Waals surface area contributed by atoms with Gasteiger partial charge >= 0.3 is 0 Å². The molecule has 0 spiro atoms. The molecular weight excluding hydrogens is 577 g/mol. The summed E-state index contributed by atoms with van der Waals surface area (Å²) >= 11 is 3.60. The molecule has 0 saturated heterocycles. The third kappa shape index (κ3) is 5.89. The van der Waals surface area contributed by atoms with Crippen LogP contribution in [0, 0.1) is 5.82 Å². The van der Waals surface area contributed by atoms with Gasteiger partial charge in [0.25, 0.3) is 11.5 Å². The number of aromatic nitrogens is 2. The number of para-hydroxylation sites is 1. The topological polar surface area (TPSA) is 73.7 Å². The van der Waals surface area contributed by atoms with Gasteiger partial charge in [-0.3, -0.25) is 14.2 Å². The van der Waals surface area contributed by atoms with Gasteiger partial charge in [0.05, 0.1) is 46.9 Å². The van der Waals surface area contributed by atoms with E-state index in [4.69, 9.17) is 14.5 Å². The summed E-state index contributed by atoms with van der Waals surface area (Å²) in [6.45, 7) is 4.30. The molecule has 0 radical (unpaired) electrons. The summed E-state index contributed by atoms with van der Waals surface area (Å²) in [5, 5.41) is 0.419. The Morgan fingerprint density at radius 2 is 1.77 bits per heavy atom. The zero-order chi connectivity index (χ0) is 28.8. The van der Waals surface area contributed by atoms with Crippen LogP contribution in [-0.2, 0) is 0 Å². The molecule has 7 nitrogen and oxygen atoms in total. The summed E-state index contributed by atoms with van der Waals surface area (Å²) in [5.41, 5.74) is 0.614. The Labute approximate surface area is 241 Å². The zero-order valence-corrected chi connectivity index (χ0v) is 24.7. The van der Waals surface area contributed by atoms with Crippen molar-refractivity contribution in [2.45, 2.75) is 45.6 Å². The van der Waals surface area contributed by atoms with E-state index in [1.165, 1.54) is 30.9 Å². The second kappa shape index (κ2) is 13.1. The first kappa shape index (κ1) is 29.3. The van der Waals surface area contributed by atoms with Crippen molar-refractivity contribution in [1.29, 1.82) is 0 Å². The number of rotatable bonds is 11. The fourth-order valence-electron chi connectivity index (χ4n) is 4.76. The minimum Gasteiger partial charge on any atom is -0.497 e. The fraction of sp³-hybridized carbons (Fsp3) is 0.323. The molecule has 0 aliphatic heterocycles. The van der Waals surface area contributed by atoms with Crippen LogP contribution in [0.25, 0.3) is 16.6 Å². The number of amides is 1. The molecule has 40 heavy (non-hydrogen) atoms. The highest BCUT2D eigenvalue weighted by atomic mass is 79.9. The highest BCUT2D eigenvalue weighted by Gasteiger charge is 2.29. The zero-order valence-electron chi connectivity index (χ0n) is 23.1. The van der Waals surface area contributed by atoms with Gasteiger partial charge < -0.3 is 14.4 Å². The van der Waals surface area contributed by atoms with Crippen molar-refractivity contribution in [3.05, 3.63) is 92.7 Å². The molecule has 0 bridgehead atoms. The smallest absolute Gasteiger partial charge is 0.266 e. The Balaban J connectivity index is 1.95. The van der Waals surface area contributed by atoms with Crippen LogP contribution >= 0.6 is 15.9 Å². The number of carbonyl (C=O) groups is 1. The number of ether oxygens (including phenoxy) is 2. The second-order valence-electron chi connectivity index (χ2n) is 9.51. The van der Waals surface area contributed by atoms with Crippen LogP contribution in [-0.4, -0.2) is 41.1 Å². The van der Waals surface area contributed by atoms with E-state index in [1.807, 2.05) is 13.0 Å². The average molecular weight is 611 g/mol. The van der Waals surface area contributed by atoms with Crippen molar-refractivity contribution in [1.82, 2.24) is 14.5 Å². The van der Waals surface area contributed by atoms with E-state index in [1.54, 1.807) is 47.4 Å². The Bertz CT molecular complexity index is 1570. The lowest BCUT2D eigenvalue weighted by Gasteiger charge is -2.31. The van der Waals surface area contributed by atoms with E-state index >= 15 is 0 Å². The van der Waals surface area contributed by atoms with Crippen LogP contribution in [0.15, 0.2) is 69.9 Å². The molecule has 210 valence electrons. The van der Waals surface area contributed by atoms with Gasteiger partial charge in [-0.05, 0) is 53.5 Å². The maximum Gasteiger partial charge on any atom is 0.266 e. The SMILES string of the molecule is CCCCCCN(C(=O)c1ccccc1F)C(C)c1nc2ccccc2c(=O)n1-c1cc(OC)cc(OC)c1Br. The van der Waals surface area contributed by atoms with Crippen LogP contribution in [0.5, 0.6) is 11.5 Å². The van der Waals surface area contributed by atoms with Gasteiger partial charge in [0.2, 0.25) is 0 Å². The normalized spacial score (nSPS) is 11.8. The predicted octanol–water partition coefficient (Wildman–Crippen LogP) is 7.09. The standard InChI is InChI=1S/C31H33BrFN3O4/c1-5-6-7-12-17-35(30(37)22-13-8-10-15-24(22)33)20(2)29-34-25-16-11-9-14-23(25)31(38)36(29)26-18-21(39-3)19-27(40-4)28(26)32/h8-11,13-16,18-20H,5-7,12,17H2,1-4H3. The maximum absolute atomic E-state index is 14.8. The van der Waals surface area contributed by atoms with E-state index in [-0.39, 0.29) is 11.1 Å². The third-order valence-corrected chi connectivity index (χ3v) is 7.75. The quantitative estimate of drug-likeness (QED) is 0.170. The molecule has 1 heterocycles. The van der Waals surface area contributed by atoms with Gasteiger partial charge in [-0.1, -0.05) is 50.5 Å². The molecule has 1 atom stereocenters. The molecule has 0 fully saturated rings. The lowest BCUT2D eigenvalue weighted by atomic mass is 10.1. The van der Waals surface area contributed by atoms with Crippen LogP contribution in [0.1, 0.15) is 61.8 Å². The number of benzene rings is 3. The highest BCUT2D eigenvalue weighted by Crippen LogP contribution is 2.37. The van der Waals surface area contributed by atoms with Crippen LogP contribution < -0.4 is 15.0 Å². The number of carbonyl (C=O) groups excluding carboxylic acids is 1. The molecule has 3 aromatic carbocycles. The molecule has 4 aromatic rings. The molecule has 1 unspecified atom stereocenters. The van der Waals surface area contributed by atoms with Crippen molar-refractivity contribution in [3.63, 3.8) is 0 Å². The van der Waals surface area contributed by atoms with E-state index in [0.29, 0.717) is 44.9 Å². The third-order valence-electron chi connectivity index (χ3n) is 6.95. The van der Waals surface area contributed by atoms with Crippen molar-refractivity contribution in [2.24, 2.45) is 0 Å². The molecule has 0 N–H and O–H groups in total. The highest BCUT2D eigenvalue weighted by molar-refractivity contribution is 9.10. The molecule has 0 aliphatic rings. The number of nitrogens with zero attached hydrogens (tertiary/aromatic N) is 3. The van der Waals surface area contributed by atoms with Crippen molar-refractivity contribution in [3.8, 4) is 17.2 Å². The van der Waals surface area contributed by atoms with Gasteiger partial charge in [-0.15, -0.1) is 0 Å². The molecule has 4 rings (SSSR count). The lowest BCUT2D eigenvalue weighted by molar-refractivity contribution is 0.0672. The van der Waals surface area contributed by atoms with E-state index < -0.39 is 17.8 Å². The van der Waals surface area contributed by atoms with Crippen molar-refractivity contribution in [2.75, 3.05) is 20.8 Å². The Kier molecular flexibility index (Phi) is 9.58. The summed E-state index contributed by atoms with van der Waals surface area (Å²) < 4.78 is 27.8. The number of methoxy groups -OCH3 is 2. The maximum atomic E-state index is 14.8. The summed E-state index contributed by atoms with van der Waals surface area (Å²) in [5.74, 6) is 0.222. The molecule has 0 aliphatic carbocycles. The Morgan fingerprint density at radius 3 is 2.48 bits per heavy atom. The second-order valence-corrected chi connectivity index (χ2v) is 10.3. The summed E-state index contributed by atoms with van der Waals surface area (Å²) in [7, 11) is 3.06. The molecule has 1 amide bonds. The van der Waals surface area contributed by atoms with Crippen LogP contribution in [0.4, 0.5) is 4.39 Å². The first-order chi connectivity index (χ1) is 19.3. The van der Waals surface area contributed by atoms with Gasteiger partial charge in [-0.2, -0.15) is 0 Å². The van der Waals surface area contributed by atoms with Crippen molar-refractivity contribution >= 4 is 32.7 Å². The summed E-state index contributed by atoms with van der Waals surface area (Å²) in [6.07, 6.45) is 3.70. The van der Waals surface area contributed by atoms with E-state index in [9.17, 15) is 14.0 Å². The van der Waals surface area contributed by atoms with Gasteiger partial charge in [0, 0.05) is 18.7 Å². The largest absolute Gasteiger partial charge is 0.497 e. The number of fused-ring (bicyclic) bond motifs is 1. The predicted molar refractivity (Wildman–Crippen MR) is 158 cm³/mol. The number of hydrogen-bond acceptors (Lipinski definition) is 5. The monoisotopic (exact) mass is 609 g/mol. The Hall–Kier alpha value is -3.72.